The molecule has 0 atom stereocenters. The normalized spacial score (nSPS) is 9.45. The van der Waals surface area contributed by atoms with Crippen LogP contribution in [0.3, 0.4) is 0 Å². The Morgan fingerprint density at radius 3 is 1.27 bits per heavy atom. The topological polar surface area (TPSA) is 46.1 Å². The average molecular weight is 373 g/mol. The third-order valence-corrected chi connectivity index (χ3v) is 2.07. The maximum atomic E-state index is 10.3. The number of hydrogen-bond donors (Lipinski definition) is 0. The van der Waals surface area contributed by atoms with E-state index in [0.717, 1.165) is 6.42 Å². The first-order chi connectivity index (χ1) is 9.29. The molecule has 3 rings (SSSR count). The van der Waals surface area contributed by atoms with Gasteiger partial charge in [0, 0.05) is 0 Å². The van der Waals surface area contributed by atoms with Crippen LogP contribution in [0.5, 0.6) is 11.5 Å². The minimum Gasteiger partial charge on any atom is -1.00 e. The number of allylic oxidation sites excluding steroid dienone is 4. The monoisotopic (exact) mass is 372 g/mol. The van der Waals surface area contributed by atoms with Gasteiger partial charge in [-0.1, -0.05) is 60.7 Å². The van der Waals surface area contributed by atoms with Crippen molar-refractivity contribution in [3.63, 3.8) is 0 Å². The second-order valence-electron chi connectivity index (χ2n) is 3.63. The third-order valence-electron chi connectivity index (χ3n) is 2.07. The summed E-state index contributed by atoms with van der Waals surface area (Å²) in [6.07, 6.45) is 10.0. The molecule has 2 aromatic rings. The number of halogens is 2. The molecule has 0 saturated carbocycles. The minimum absolute atomic E-state index is 0. The van der Waals surface area contributed by atoms with Gasteiger partial charge in [0.15, 0.2) is 0 Å². The van der Waals surface area contributed by atoms with E-state index in [4.69, 9.17) is 0 Å². The van der Waals surface area contributed by atoms with Gasteiger partial charge in [0.2, 0.25) is 0 Å². The average Bonchev–Trinajstić information content (AvgIpc) is 3.00. The second-order valence-corrected chi connectivity index (χ2v) is 3.63. The van der Waals surface area contributed by atoms with Crippen molar-refractivity contribution in [2.45, 2.75) is 6.42 Å². The maximum absolute atomic E-state index is 10.3. The summed E-state index contributed by atoms with van der Waals surface area (Å²) < 4.78 is 0. The summed E-state index contributed by atoms with van der Waals surface area (Å²) in [4.78, 5) is 0. The number of para-hydroxylation sites is 2. The zero-order valence-electron chi connectivity index (χ0n) is 11.7. The van der Waals surface area contributed by atoms with Gasteiger partial charge in [-0.25, -0.2) is 12.2 Å². The molecule has 0 spiro atoms. The summed E-state index contributed by atoms with van der Waals surface area (Å²) in [5, 5.41) is 20.5. The van der Waals surface area contributed by atoms with Crippen molar-refractivity contribution in [3.05, 3.63) is 85.0 Å². The Hall–Kier alpha value is -1.32. The van der Waals surface area contributed by atoms with E-state index in [1.54, 1.807) is 24.3 Å². The van der Waals surface area contributed by atoms with E-state index in [2.05, 4.69) is 12.2 Å². The first-order valence-corrected chi connectivity index (χ1v) is 5.95. The van der Waals surface area contributed by atoms with Crippen molar-refractivity contribution < 1.29 is 53.6 Å². The molecule has 0 fully saturated rings. The van der Waals surface area contributed by atoms with Crippen LogP contribution in [0.25, 0.3) is 0 Å². The van der Waals surface area contributed by atoms with Crippen LogP contribution in [-0.2, 0) is 18.6 Å². The Morgan fingerprint density at radius 1 is 0.727 bits per heavy atom. The molecule has 0 bridgehead atoms. The first kappa shape index (κ1) is 25.6. The molecule has 0 heterocycles. The van der Waals surface area contributed by atoms with Crippen LogP contribution >= 0.6 is 0 Å². The van der Waals surface area contributed by atoms with E-state index >= 15 is 0 Å². The van der Waals surface area contributed by atoms with Crippen molar-refractivity contribution in [1.82, 2.24) is 0 Å². The molecule has 1 aliphatic rings. The van der Waals surface area contributed by atoms with Crippen LogP contribution in [0.4, 0.5) is 0 Å². The summed E-state index contributed by atoms with van der Waals surface area (Å²) in [5.41, 5.74) is 0. The second kappa shape index (κ2) is 17.7. The van der Waals surface area contributed by atoms with E-state index < -0.39 is 0 Å². The standard InChI is InChI=1S/2C6H6O.C5H5.2ClH.V/c2*7-6-4-2-1-3-5-6;1-2-4-5-3-1;;;/h2*1-5,7H;1-3H,4H2;2*1H;/q;;-1;;;+4/p-4. The Morgan fingerprint density at radius 2 is 1.14 bits per heavy atom. The first-order valence-electron chi connectivity index (χ1n) is 5.95. The van der Waals surface area contributed by atoms with Crippen molar-refractivity contribution in [1.29, 1.82) is 0 Å². The molecule has 2 nitrogen and oxygen atoms in total. The van der Waals surface area contributed by atoms with Gasteiger partial charge >= 0.3 is 18.6 Å². The van der Waals surface area contributed by atoms with Crippen LogP contribution < -0.4 is 35.0 Å². The molecular weight excluding hydrogens is 358 g/mol. The molecule has 2 aromatic carbocycles. The zero-order valence-corrected chi connectivity index (χ0v) is 14.6. The quantitative estimate of drug-likeness (QED) is 0.458. The van der Waals surface area contributed by atoms with Gasteiger partial charge in [-0.15, -0.1) is 17.9 Å². The zero-order chi connectivity index (χ0) is 13.8. The molecule has 22 heavy (non-hydrogen) atoms. The molecule has 0 unspecified atom stereocenters. The van der Waals surface area contributed by atoms with Crippen molar-refractivity contribution in [2.24, 2.45) is 0 Å². The number of rotatable bonds is 0. The fraction of sp³-hybridized carbons (Fsp3) is 0.0588. The summed E-state index contributed by atoms with van der Waals surface area (Å²) >= 11 is 0. The van der Waals surface area contributed by atoms with Gasteiger partial charge in [-0.2, -0.15) is 6.08 Å². The van der Waals surface area contributed by atoms with Gasteiger partial charge in [-0.3, -0.25) is 6.08 Å². The summed E-state index contributed by atoms with van der Waals surface area (Å²) in [6.45, 7) is 0. The van der Waals surface area contributed by atoms with Crippen LogP contribution in [0.15, 0.2) is 78.9 Å². The molecule has 0 aromatic heterocycles. The van der Waals surface area contributed by atoms with Crippen molar-refractivity contribution in [3.8, 4) is 11.5 Å². The van der Waals surface area contributed by atoms with E-state index in [9.17, 15) is 10.2 Å². The largest absolute Gasteiger partial charge is 4.00 e. The minimum atomic E-state index is 0. The predicted molar refractivity (Wildman–Crippen MR) is 73.3 cm³/mol. The molecular formula is C17H15Cl2O2V-. The molecule has 0 N–H and O–H groups in total. The van der Waals surface area contributed by atoms with Gasteiger partial charge < -0.3 is 35.0 Å². The summed E-state index contributed by atoms with van der Waals surface area (Å²) in [7, 11) is 0. The summed E-state index contributed by atoms with van der Waals surface area (Å²) in [5.74, 6) is 0.144. The van der Waals surface area contributed by atoms with Crippen LogP contribution in [0.2, 0.25) is 0 Å². The van der Waals surface area contributed by atoms with Gasteiger partial charge in [0.25, 0.3) is 0 Å². The van der Waals surface area contributed by atoms with E-state index in [1.807, 2.05) is 24.3 Å². The summed E-state index contributed by atoms with van der Waals surface area (Å²) in [6, 6.07) is 16.7. The Labute approximate surface area is 156 Å². The smallest absolute Gasteiger partial charge is 1.00 e. The fourth-order valence-electron chi connectivity index (χ4n) is 1.18. The van der Waals surface area contributed by atoms with Gasteiger partial charge in [0.05, 0.1) is 0 Å². The van der Waals surface area contributed by atoms with Crippen LogP contribution in [-0.4, -0.2) is 0 Å². The molecule has 1 aliphatic carbocycles. The molecule has 0 aliphatic heterocycles. The molecule has 115 valence electrons. The molecule has 0 amide bonds. The Kier molecular flexibility index (Phi) is 20.7. The number of hydrogen-bond acceptors (Lipinski definition) is 2. The fourth-order valence-corrected chi connectivity index (χ4v) is 1.18. The van der Waals surface area contributed by atoms with Gasteiger partial charge in [-0.05, 0) is 0 Å². The van der Waals surface area contributed by atoms with Crippen molar-refractivity contribution in [2.75, 3.05) is 0 Å². The van der Waals surface area contributed by atoms with E-state index in [-0.39, 0.29) is 54.9 Å². The Balaban J connectivity index is -0.000000233. The van der Waals surface area contributed by atoms with Gasteiger partial charge in [0.1, 0.15) is 0 Å². The molecule has 0 saturated heterocycles. The molecule has 5 heteroatoms. The third kappa shape index (κ3) is 15.1. The van der Waals surface area contributed by atoms with Crippen LogP contribution in [0, 0.1) is 6.08 Å². The van der Waals surface area contributed by atoms with Crippen molar-refractivity contribution >= 4 is 0 Å². The van der Waals surface area contributed by atoms with E-state index in [1.165, 1.54) is 24.3 Å². The molecule has 1 radical (unpaired) electrons. The predicted octanol–water partition coefficient (Wildman–Crippen LogP) is -3.17. The number of benzene rings is 2. The van der Waals surface area contributed by atoms with Crippen LogP contribution in [0.1, 0.15) is 6.42 Å². The Bertz CT molecular complexity index is 455. The maximum Gasteiger partial charge on any atom is 4.00 e. The SMILES string of the molecule is [C-]1=CC=CC1.[Cl-].[Cl-].[O-]c1ccccc1.[O-]c1ccccc1.[V+4]. The van der Waals surface area contributed by atoms with E-state index in [0.29, 0.717) is 0 Å².